The average molecular weight is 217 g/mol. The summed E-state index contributed by atoms with van der Waals surface area (Å²) in [5, 5.41) is 11.8. The topological polar surface area (TPSA) is 67.8 Å². The molecule has 1 rings (SSSR count). The van der Waals surface area contributed by atoms with Gasteiger partial charge in [-0.2, -0.15) is 0 Å². The number of nitrogens with one attached hydrogen (secondary N) is 1. The lowest BCUT2D eigenvalue weighted by molar-refractivity contribution is -0.140. The number of aliphatic carboxylic acids is 1. The van der Waals surface area contributed by atoms with E-state index in [1.54, 1.807) is 0 Å². The van der Waals surface area contributed by atoms with Gasteiger partial charge >= 0.3 is 5.97 Å². The lowest BCUT2D eigenvalue weighted by atomic mass is 10.2. The van der Waals surface area contributed by atoms with Crippen molar-refractivity contribution in [1.82, 2.24) is 5.32 Å². The molecule has 0 aromatic carbocycles. The molecule has 0 aromatic heterocycles. The van der Waals surface area contributed by atoms with E-state index in [4.69, 9.17) is 14.6 Å². The molecule has 1 aliphatic heterocycles. The Morgan fingerprint density at radius 1 is 1.73 bits per heavy atom. The van der Waals surface area contributed by atoms with E-state index in [-0.39, 0.29) is 6.61 Å². The fourth-order valence-electron chi connectivity index (χ4n) is 1.67. The van der Waals surface area contributed by atoms with Crippen LogP contribution in [0.1, 0.15) is 19.3 Å². The third kappa shape index (κ3) is 4.59. The normalized spacial score (nSPS) is 22.9. The van der Waals surface area contributed by atoms with Crippen molar-refractivity contribution in [1.29, 1.82) is 0 Å². The standard InChI is InChI=1S/C10H19NO4/c1-14-7-9(10(12)13)11-5-4-8-3-2-6-15-8/h8-9,11H,2-7H2,1H3,(H,12,13). The number of ether oxygens (including phenoxy) is 2. The highest BCUT2D eigenvalue weighted by molar-refractivity contribution is 5.73. The van der Waals surface area contributed by atoms with Gasteiger partial charge < -0.3 is 19.9 Å². The van der Waals surface area contributed by atoms with Crippen LogP contribution in [0.2, 0.25) is 0 Å². The largest absolute Gasteiger partial charge is 0.480 e. The molecule has 2 atom stereocenters. The molecule has 0 saturated carbocycles. The first-order valence-corrected chi connectivity index (χ1v) is 5.30. The second kappa shape index (κ2) is 6.76. The van der Waals surface area contributed by atoms with Crippen molar-refractivity contribution in [3.63, 3.8) is 0 Å². The summed E-state index contributed by atoms with van der Waals surface area (Å²) < 4.78 is 10.2. The summed E-state index contributed by atoms with van der Waals surface area (Å²) in [6, 6.07) is -0.614. The van der Waals surface area contributed by atoms with E-state index in [2.05, 4.69) is 5.32 Å². The lowest BCUT2D eigenvalue weighted by Gasteiger charge is -2.15. The van der Waals surface area contributed by atoms with Gasteiger partial charge in [-0.05, 0) is 25.8 Å². The number of rotatable bonds is 7. The zero-order valence-electron chi connectivity index (χ0n) is 9.07. The van der Waals surface area contributed by atoms with Crippen LogP contribution in [0.5, 0.6) is 0 Å². The van der Waals surface area contributed by atoms with Crippen molar-refractivity contribution < 1.29 is 19.4 Å². The first-order chi connectivity index (χ1) is 7.24. The van der Waals surface area contributed by atoms with Gasteiger partial charge in [0.1, 0.15) is 6.04 Å². The summed E-state index contributed by atoms with van der Waals surface area (Å²) in [4.78, 5) is 10.7. The summed E-state index contributed by atoms with van der Waals surface area (Å²) in [6.07, 6.45) is 3.37. The zero-order valence-corrected chi connectivity index (χ0v) is 9.07. The van der Waals surface area contributed by atoms with Gasteiger partial charge in [0.15, 0.2) is 0 Å². The molecule has 0 aromatic rings. The maximum Gasteiger partial charge on any atom is 0.323 e. The summed E-state index contributed by atoms with van der Waals surface area (Å²) in [5.74, 6) is -0.871. The molecule has 2 unspecified atom stereocenters. The van der Waals surface area contributed by atoms with E-state index < -0.39 is 12.0 Å². The van der Waals surface area contributed by atoms with Crippen molar-refractivity contribution in [2.24, 2.45) is 0 Å². The molecule has 0 bridgehead atoms. The van der Waals surface area contributed by atoms with Crippen LogP contribution >= 0.6 is 0 Å². The second-order valence-corrected chi connectivity index (χ2v) is 3.72. The lowest BCUT2D eigenvalue weighted by Crippen LogP contribution is -2.41. The van der Waals surface area contributed by atoms with Crippen molar-refractivity contribution in [3.05, 3.63) is 0 Å². The van der Waals surface area contributed by atoms with Crippen LogP contribution in [-0.2, 0) is 14.3 Å². The molecular weight excluding hydrogens is 198 g/mol. The van der Waals surface area contributed by atoms with Crippen LogP contribution < -0.4 is 5.32 Å². The van der Waals surface area contributed by atoms with Crippen molar-refractivity contribution >= 4 is 5.97 Å². The van der Waals surface area contributed by atoms with Crippen LogP contribution in [0.25, 0.3) is 0 Å². The fraction of sp³-hybridized carbons (Fsp3) is 0.900. The van der Waals surface area contributed by atoms with E-state index in [0.29, 0.717) is 12.6 Å². The maximum atomic E-state index is 10.7. The highest BCUT2D eigenvalue weighted by Crippen LogP contribution is 2.14. The Bertz CT molecular complexity index is 192. The van der Waals surface area contributed by atoms with Crippen LogP contribution in [0.3, 0.4) is 0 Å². The number of carboxylic acids is 1. The molecule has 0 aliphatic carbocycles. The molecule has 1 saturated heterocycles. The van der Waals surface area contributed by atoms with Crippen LogP contribution in [0, 0.1) is 0 Å². The van der Waals surface area contributed by atoms with Gasteiger partial charge in [-0.1, -0.05) is 0 Å². The van der Waals surface area contributed by atoms with Gasteiger partial charge in [-0.25, -0.2) is 0 Å². The van der Waals surface area contributed by atoms with E-state index in [0.717, 1.165) is 25.9 Å². The molecule has 1 aliphatic rings. The predicted molar refractivity (Wildman–Crippen MR) is 54.9 cm³/mol. The van der Waals surface area contributed by atoms with Gasteiger partial charge in [-0.3, -0.25) is 4.79 Å². The first-order valence-electron chi connectivity index (χ1n) is 5.30. The molecule has 1 heterocycles. The smallest absolute Gasteiger partial charge is 0.323 e. The Labute approximate surface area is 89.8 Å². The monoisotopic (exact) mass is 217 g/mol. The Morgan fingerprint density at radius 2 is 2.53 bits per heavy atom. The molecule has 1 fully saturated rings. The Morgan fingerprint density at radius 3 is 3.07 bits per heavy atom. The Balaban J connectivity index is 2.12. The van der Waals surface area contributed by atoms with Gasteiger partial charge in [-0.15, -0.1) is 0 Å². The SMILES string of the molecule is COCC(NCCC1CCCO1)C(=O)O. The van der Waals surface area contributed by atoms with Gasteiger partial charge in [0.25, 0.3) is 0 Å². The molecule has 15 heavy (non-hydrogen) atoms. The third-order valence-electron chi connectivity index (χ3n) is 2.51. The third-order valence-corrected chi connectivity index (χ3v) is 2.51. The van der Waals surface area contributed by atoms with Crippen molar-refractivity contribution in [3.8, 4) is 0 Å². The van der Waals surface area contributed by atoms with E-state index in [1.165, 1.54) is 7.11 Å². The van der Waals surface area contributed by atoms with Crippen LogP contribution in [0.15, 0.2) is 0 Å². The van der Waals surface area contributed by atoms with E-state index in [9.17, 15) is 4.79 Å². The summed E-state index contributed by atoms with van der Waals surface area (Å²) in [6.45, 7) is 1.69. The molecule has 0 amide bonds. The highest BCUT2D eigenvalue weighted by atomic mass is 16.5. The maximum absolute atomic E-state index is 10.7. The van der Waals surface area contributed by atoms with Crippen LogP contribution in [0.4, 0.5) is 0 Å². The average Bonchev–Trinajstić information content (AvgIpc) is 2.69. The number of carboxylic acid groups (broad SMARTS) is 1. The van der Waals surface area contributed by atoms with E-state index >= 15 is 0 Å². The molecule has 2 N–H and O–H groups in total. The quantitative estimate of drug-likeness (QED) is 0.639. The molecule has 5 nitrogen and oxygen atoms in total. The van der Waals surface area contributed by atoms with Crippen LogP contribution in [-0.4, -0.2) is 50.1 Å². The first kappa shape index (κ1) is 12.4. The second-order valence-electron chi connectivity index (χ2n) is 3.72. The summed E-state index contributed by atoms with van der Waals surface area (Å²) >= 11 is 0. The molecule has 0 radical (unpaired) electrons. The number of hydrogen-bond acceptors (Lipinski definition) is 4. The fourth-order valence-corrected chi connectivity index (χ4v) is 1.67. The van der Waals surface area contributed by atoms with Crippen molar-refractivity contribution in [2.45, 2.75) is 31.4 Å². The van der Waals surface area contributed by atoms with Gasteiger partial charge in [0.2, 0.25) is 0 Å². The number of carbonyl (C=O) groups is 1. The Kier molecular flexibility index (Phi) is 5.60. The minimum Gasteiger partial charge on any atom is -0.480 e. The minimum absolute atomic E-state index is 0.195. The van der Waals surface area contributed by atoms with Gasteiger partial charge in [0.05, 0.1) is 12.7 Å². The minimum atomic E-state index is -0.871. The number of methoxy groups -OCH3 is 1. The molecule has 5 heteroatoms. The summed E-state index contributed by atoms with van der Waals surface area (Å²) in [5.41, 5.74) is 0. The van der Waals surface area contributed by atoms with E-state index in [1.807, 2.05) is 0 Å². The molecular formula is C10H19NO4. The zero-order chi connectivity index (χ0) is 11.1. The van der Waals surface area contributed by atoms with Gasteiger partial charge in [0, 0.05) is 13.7 Å². The molecule has 0 spiro atoms. The number of hydrogen-bond donors (Lipinski definition) is 2. The highest BCUT2D eigenvalue weighted by Gasteiger charge is 2.18. The molecule has 88 valence electrons. The summed E-state index contributed by atoms with van der Waals surface area (Å²) in [7, 11) is 1.50. The van der Waals surface area contributed by atoms with Crippen molar-refractivity contribution in [2.75, 3.05) is 26.9 Å². The predicted octanol–water partition coefficient (Wildman–Crippen LogP) is 0.245. The Hall–Kier alpha value is -0.650.